The SMILES string of the molecule is COC(=O)C(Nc1cc(Br)nc(C(C)C)n1)C(C)C. The molecule has 0 bridgehead atoms. The summed E-state index contributed by atoms with van der Waals surface area (Å²) in [6, 6.07) is 1.33. The Morgan fingerprint density at radius 1 is 1.32 bits per heavy atom. The van der Waals surface area contributed by atoms with Crippen LogP contribution in [0, 0.1) is 5.92 Å². The molecule has 1 heterocycles. The number of rotatable bonds is 5. The summed E-state index contributed by atoms with van der Waals surface area (Å²) in [5.74, 6) is 1.37. The fourth-order valence-electron chi connectivity index (χ4n) is 1.55. The van der Waals surface area contributed by atoms with Gasteiger partial charge in [-0.15, -0.1) is 0 Å². The van der Waals surface area contributed by atoms with Crippen LogP contribution in [0.25, 0.3) is 0 Å². The van der Waals surface area contributed by atoms with Crippen LogP contribution in [-0.2, 0) is 9.53 Å². The molecular weight excluding hydrogens is 310 g/mol. The van der Waals surface area contributed by atoms with Crippen molar-refractivity contribution >= 4 is 27.7 Å². The van der Waals surface area contributed by atoms with Crippen molar-refractivity contribution < 1.29 is 9.53 Å². The van der Waals surface area contributed by atoms with Gasteiger partial charge in [0.1, 0.15) is 22.3 Å². The van der Waals surface area contributed by atoms with E-state index in [1.54, 1.807) is 6.07 Å². The molecule has 1 rings (SSSR count). The van der Waals surface area contributed by atoms with Crippen LogP contribution >= 0.6 is 15.9 Å². The number of halogens is 1. The fourth-order valence-corrected chi connectivity index (χ4v) is 1.95. The molecule has 0 aliphatic heterocycles. The largest absolute Gasteiger partial charge is 0.467 e. The zero-order valence-electron chi connectivity index (χ0n) is 11.9. The van der Waals surface area contributed by atoms with Gasteiger partial charge in [0, 0.05) is 12.0 Å². The van der Waals surface area contributed by atoms with E-state index < -0.39 is 6.04 Å². The lowest BCUT2D eigenvalue weighted by atomic mass is 10.0. The predicted molar refractivity (Wildman–Crippen MR) is 78.1 cm³/mol. The molecule has 1 N–H and O–H groups in total. The van der Waals surface area contributed by atoms with Gasteiger partial charge in [-0.3, -0.25) is 0 Å². The maximum Gasteiger partial charge on any atom is 0.328 e. The van der Waals surface area contributed by atoms with E-state index in [1.165, 1.54) is 7.11 Å². The molecule has 1 unspecified atom stereocenters. The van der Waals surface area contributed by atoms with Crippen molar-refractivity contribution in [3.8, 4) is 0 Å². The molecule has 6 heteroatoms. The summed E-state index contributed by atoms with van der Waals surface area (Å²) in [4.78, 5) is 20.4. The van der Waals surface area contributed by atoms with E-state index in [2.05, 4.69) is 31.2 Å². The first-order chi connectivity index (χ1) is 8.85. The highest BCUT2D eigenvalue weighted by Crippen LogP contribution is 2.19. The van der Waals surface area contributed by atoms with Crippen LogP contribution < -0.4 is 5.32 Å². The third kappa shape index (κ3) is 4.45. The first-order valence-electron chi connectivity index (χ1n) is 6.24. The Bertz CT molecular complexity index is 450. The summed E-state index contributed by atoms with van der Waals surface area (Å²) in [7, 11) is 1.38. The third-order valence-corrected chi connectivity index (χ3v) is 3.06. The number of esters is 1. The van der Waals surface area contributed by atoms with Gasteiger partial charge >= 0.3 is 5.97 Å². The molecule has 0 saturated carbocycles. The Morgan fingerprint density at radius 3 is 2.42 bits per heavy atom. The number of anilines is 1. The zero-order valence-corrected chi connectivity index (χ0v) is 13.5. The van der Waals surface area contributed by atoms with E-state index >= 15 is 0 Å². The molecule has 1 aromatic rings. The number of aromatic nitrogens is 2. The number of carbonyl (C=O) groups is 1. The molecule has 106 valence electrons. The molecule has 0 radical (unpaired) electrons. The van der Waals surface area contributed by atoms with Gasteiger partial charge in [0.05, 0.1) is 7.11 Å². The minimum atomic E-state index is -0.424. The predicted octanol–water partition coefficient (Wildman–Crippen LogP) is 2.97. The topological polar surface area (TPSA) is 64.1 Å². The number of nitrogens with one attached hydrogen (secondary N) is 1. The molecule has 1 aromatic heterocycles. The molecule has 0 aliphatic rings. The first-order valence-corrected chi connectivity index (χ1v) is 7.03. The van der Waals surface area contributed by atoms with Gasteiger partial charge < -0.3 is 10.1 Å². The normalized spacial score (nSPS) is 12.6. The second kappa shape index (κ2) is 6.84. The van der Waals surface area contributed by atoms with Gasteiger partial charge in [-0.05, 0) is 21.8 Å². The molecular formula is C13H20BrN3O2. The third-order valence-electron chi connectivity index (χ3n) is 2.65. The number of hydrogen-bond acceptors (Lipinski definition) is 5. The van der Waals surface area contributed by atoms with Crippen molar-refractivity contribution in [1.82, 2.24) is 9.97 Å². The van der Waals surface area contributed by atoms with Crippen LogP contribution in [0.15, 0.2) is 10.7 Å². The van der Waals surface area contributed by atoms with Crippen molar-refractivity contribution in [2.45, 2.75) is 39.7 Å². The maximum atomic E-state index is 11.7. The average Bonchev–Trinajstić information content (AvgIpc) is 2.34. The highest BCUT2D eigenvalue weighted by atomic mass is 79.9. The Labute approximate surface area is 122 Å². The summed E-state index contributed by atoms with van der Waals surface area (Å²) in [6.07, 6.45) is 0. The molecule has 0 amide bonds. The molecule has 0 spiro atoms. The lowest BCUT2D eigenvalue weighted by Crippen LogP contribution is -2.35. The van der Waals surface area contributed by atoms with Gasteiger partial charge in [0.2, 0.25) is 0 Å². The smallest absolute Gasteiger partial charge is 0.328 e. The van der Waals surface area contributed by atoms with Crippen LogP contribution in [0.2, 0.25) is 0 Å². The Kier molecular flexibility index (Phi) is 5.72. The van der Waals surface area contributed by atoms with Gasteiger partial charge in [0.15, 0.2) is 0 Å². The van der Waals surface area contributed by atoms with Crippen LogP contribution in [0.3, 0.4) is 0 Å². The van der Waals surface area contributed by atoms with E-state index in [0.29, 0.717) is 10.4 Å². The minimum Gasteiger partial charge on any atom is -0.467 e. The molecule has 1 atom stereocenters. The number of ether oxygens (including phenoxy) is 1. The van der Waals surface area contributed by atoms with Crippen molar-refractivity contribution in [1.29, 1.82) is 0 Å². The summed E-state index contributed by atoms with van der Waals surface area (Å²) < 4.78 is 5.49. The maximum absolute atomic E-state index is 11.7. The first kappa shape index (κ1) is 15.9. The summed E-state index contributed by atoms with van der Waals surface area (Å²) >= 11 is 3.36. The van der Waals surface area contributed by atoms with E-state index in [9.17, 15) is 4.79 Å². The second-order valence-corrected chi connectivity index (χ2v) is 5.79. The molecule has 0 fully saturated rings. The fraction of sp³-hybridized carbons (Fsp3) is 0.615. The zero-order chi connectivity index (χ0) is 14.6. The van der Waals surface area contributed by atoms with Crippen LogP contribution in [0.4, 0.5) is 5.82 Å². The number of carbonyl (C=O) groups excluding carboxylic acids is 1. The number of methoxy groups -OCH3 is 1. The van der Waals surface area contributed by atoms with Crippen LogP contribution in [0.1, 0.15) is 39.4 Å². The second-order valence-electron chi connectivity index (χ2n) is 4.98. The quantitative estimate of drug-likeness (QED) is 0.664. The van der Waals surface area contributed by atoms with Crippen molar-refractivity contribution in [2.24, 2.45) is 5.92 Å². The van der Waals surface area contributed by atoms with E-state index in [-0.39, 0.29) is 17.8 Å². The van der Waals surface area contributed by atoms with Crippen molar-refractivity contribution in [2.75, 3.05) is 12.4 Å². The van der Waals surface area contributed by atoms with E-state index in [0.717, 1.165) is 5.82 Å². The summed E-state index contributed by atoms with van der Waals surface area (Å²) in [6.45, 7) is 7.94. The molecule has 0 saturated heterocycles. The monoisotopic (exact) mass is 329 g/mol. The molecule has 0 aromatic carbocycles. The minimum absolute atomic E-state index is 0.101. The molecule has 19 heavy (non-hydrogen) atoms. The van der Waals surface area contributed by atoms with Gasteiger partial charge in [-0.1, -0.05) is 27.7 Å². The number of hydrogen-bond donors (Lipinski definition) is 1. The summed E-state index contributed by atoms with van der Waals surface area (Å²) in [5, 5.41) is 3.11. The Hall–Kier alpha value is -1.17. The lowest BCUT2D eigenvalue weighted by Gasteiger charge is -2.20. The van der Waals surface area contributed by atoms with Gasteiger partial charge in [0.25, 0.3) is 0 Å². The van der Waals surface area contributed by atoms with E-state index in [1.807, 2.05) is 27.7 Å². The van der Waals surface area contributed by atoms with Crippen LogP contribution in [-0.4, -0.2) is 29.1 Å². The van der Waals surface area contributed by atoms with Gasteiger partial charge in [-0.2, -0.15) is 0 Å². The van der Waals surface area contributed by atoms with Crippen molar-refractivity contribution in [3.63, 3.8) is 0 Å². The highest BCUT2D eigenvalue weighted by molar-refractivity contribution is 9.10. The highest BCUT2D eigenvalue weighted by Gasteiger charge is 2.23. The van der Waals surface area contributed by atoms with Gasteiger partial charge in [-0.25, -0.2) is 14.8 Å². The molecule has 5 nitrogen and oxygen atoms in total. The number of nitrogens with zero attached hydrogens (tertiary/aromatic N) is 2. The molecule has 0 aliphatic carbocycles. The Morgan fingerprint density at radius 2 is 1.95 bits per heavy atom. The average molecular weight is 330 g/mol. The van der Waals surface area contributed by atoms with E-state index in [4.69, 9.17) is 4.74 Å². The van der Waals surface area contributed by atoms with Crippen molar-refractivity contribution in [3.05, 3.63) is 16.5 Å². The van der Waals surface area contributed by atoms with Crippen LogP contribution in [0.5, 0.6) is 0 Å². The summed E-state index contributed by atoms with van der Waals surface area (Å²) in [5.41, 5.74) is 0. The Balaban J connectivity index is 2.99. The standard InChI is InChI=1S/C13H20BrN3O2/c1-7(2)11(13(18)19-5)16-10-6-9(14)15-12(17-10)8(3)4/h6-8,11H,1-5H3,(H,15,16,17). The lowest BCUT2D eigenvalue weighted by molar-refractivity contribution is -0.142.